The number of aromatic nitrogens is 1. The second kappa shape index (κ2) is 10.2. The largest absolute Gasteiger partial charge is 0.496 e. The SMILES string of the molecule is COc1cc(N2CCNCC2)ccc1-c1cnc(N)c(OC(C)c2cc(F)ccc2C(F)F)c1. The lowest BCUT2D eigenvalue weighted by Gasteiger charge is -2.30. The van der Waals surface area contributed by atoms with Crippen molar-refractivity contribution in [3.05, 3.63) is 65.6 Å². The second-order valence-corrected chi connectivity index (χ2v) is 8.06. The van der Waals surface area contributed by atoms with E-state index in [4.69, 9.17) is 15.2 Å². The van der Waals surface area contributed by atoms with Crippen molar-refractivity contribution in [1.82, 2.24) is 10.3 Å². The zero-order valence-corrected chi connectivity index (χ0v) is 19.0. The third kappa shape index (κ3) is 5.04. The highest BCUT2D eigenvalue weighted by Crippen LogP contribution is 2.38. The molecule has 0 bridgehead atoms. The smallest absolute Gasteiger partial charge is 0.264 e. The Hall–Kier alpha value is -3.46. The maximum atomic E-state index is 13.8. The van der Waals surface area contributed by atoms with Crippen molar-refractivity contribution in [1.29, 1.82) is 0 Å². The molecule has 1 aliphatic rings. The summed E-state index contributed by atoms with van der Waals surface area (Å²) in [6.07, 6.45) is -2.04. The van der Waals surface area contributed by atoms with Gasteiger partial charge in [-0.2, -0.15) is 0 Å². The first-order valence-electron chi connectivity index (χ1n) is 11.0. The Balaban J connectivity index is 1.63. The number of ether oxygens (including phenoxy) is 2. The van der Waals surface area contributed by atoms with E-state index >= 15 is 0 Å². The Labute approximate surface area is 196 Å². The molecule has 0 radical (unpaired) electrons. The van der Waals surface area contributed by atoms with Gasteiger partial charge in [-0.25, -0.2) is 18.2 Å². The molecule has 0 saturated carbocycles. The molecule has 0 spiro atoms. The van der Waals surface area contributed by atoms with E-state index in [2.05, 4.69) is 15.2 Å². The highest BCUT2D eigenvalue weighted by Gasteiger charge is 2.21. The molecule has 1 saturated heterocycles. The van der Waals surface area contributed by atoms with E-state index in [0.717, 1.165) is 55.6 Å². The number of benzene rings is 2. The summed E-state index contributed by atoms with van der Waals surface area (Å²) in [7, 11) is 1.60. The lowest BCUT2D eigenvalue weighted by molar-refractivity contribution is 0.143. The number of nitrogen functional groups attached to an aromatic ring is 1. The monoisotopic (exact) mass is 472 g/mol. The summed E-state index contributed by atoms with van der Waals surface area (Å²) in [6, 6.07) is 10.7. The van der Waals surface area contributed by atoms with Gasteiger partial charge in [0, 0.05) is 66.4 Å². The number of piperazine rings is 1. The van der Waals surface area contributed by atoms with Gasteiger partial charge in [-0.15, -0.1) is 0 Å². The maximum absolute atomic E-state index is 13.8. The molecule has 3 N–H and O–H groups in total. The van der Waals surface area contributed by atoms with Crippen LogP contribution in [0, 0.1) is 5.82 Å². The quantitative estimate of drug-likeness (QED) is 0.506. The third-order valence-electron chi connectivity index (χ3n) is 5.89. The van der Waals surface area contributed by atoms with E-state index in [0.29, 0.717) is 11.3 Å². The molecular weight excluding hydrogens is 445 g/mol. The van der Waals surface area contributed by atoms with Crippen LogP contribution in [-0.4, -0.2) is 38.3 Å². The normalized spacial score (nSPS) is 14.8. The zero-order chi connectivity index (χ0) is 24.2. The lowest BCUT2D eigenvalue weighted by atomic mass is 10.0. The van der Waals surface area contributed by atoms with Crippen LogP contribution in [0.2, 0.25) is 0 Å². The van der Waals surface area contributed by atoms with Crippen LogP contribution >= 0.6 is 0 Å². The number of halogens is 3. The van der Waals surface area contributed by atoms with E-state index in [-0.39, 0.29) is 22.7 Å². The highest BCUT2D eigenvalue weighted by atomic mass is 19.3. The molecule has 1 aromatic heterocycles. The molecule has 3 aromatic rings. The van der Waals surface area contributed by atoms with Crippen LogP contribution in [0.5, 0.6) is 11.5 Å². The average molecular weight is 473 g/mol. The Morgan fingerprint density at radius 1 is 1.03 bits per heavy atom. The van der Waals surface area contributed by atoms with Crippen LogP contribution in [0.1, 0.15) is 30.6 Å². The molecule has 6 nitrogen and oxygen atoms in total. The van der Waals surface area contributed by atoms with Gasteiger partial charge in [0.05, 0.1) is 7.11 Å². The Morgan fingerprint density at radius 3 is 2.50 bits per heavy atom. The molecule has 1 aliphatic heterocycles. The molecule has 4 rings (SSSR count). The minimum atomic E-state index is -2.76. The van der Waals surface area contributed by atoms with Crippen LogP contribution in [0.3, 0.4) is 0 Å². The van der Waals surface area contributed by atoms with Crippen LogP contribution < -0.4 is 25.4 Å². The zero-order valence-electron chi connectivity index (χ0n) is 19.0. The van der Waals surface area contributed by atoms with Crippen LogP contribution in [-0.2, 0) is 0 Å². The summed E-state index contributed by atoms with van der Waals surface area (Å²) in [5.74, 6) is 0.348. The van der Waals surface area contributed by atoms with Crippen LogP contribution in [0.25, 0.3) is 11.1 Å². The summed E-state index contributed by atoms with van der Waals surface area (Å²) in [5.41, 5.74) is 8.30. The molecule has 34 heavy (non-hydrogen) atoms. The van der Waals surface area contributed by atoms with Crippen molar-refractivity contribution in [2.45, 2.75) is 19.5 Å². The number of alkyl halides is 2. The van der Waals surface area contributed by atoms with Crippen molar-refractivity contribution >= 4 is 11.5 Å². The van der Waals surface area contributed by atoms with Gasteiger partial charge in [-0.1, -0.05) is 6.07 Å². The number of anilines is 2. The van der Waals surface area contributed by atoms with Gasteiger partial charge in [-0.05, 0) is 37.3 Å². The molecule has 9 heteroatoms. The molecule has 1 fully saturated rings. The van der Waals surface area contributed by atoms with Crippen molar-refractivity contribution < 1.29 is 22.6 Å². The molecule has 1 unspecified atom stereocenters. The first-order chi connectivity index (χ1) is 16.4. The Bertz CT molecular complexity index is 1150. The van der Waals surface area contributed by atoms with Crippen LogP contribution in [0.15, 0.2) is 48.7 Å². The van der Waals surface area contributed by atoms with E-state index in [1.54, 1.807) is 26.3 Å². The Morgan fingerprint density at radius 2 is 1.79 bits per heavy atom. The maximum Gasteiger partial charge on any atom is 0.264 e. The number of nitrogens with two attached hydrogens (primary N) is 1. The van der Waals surface area contributed by atoms with Gasteiger partial charge >= 0.3 is 0 Å². The number of hydrogen-bond donors (Lipinski definition) is 2. The summed E-state index contributed by atoms with van der Waals surface area (Å²) < 4.78 is 52.2. The van der Waals surface area contributed by atoms with Gasteiger partial charge in [0.1, 0.15) is 17.7 Å². The molecule has 1 atom stereocenters. The Kier molecular flexibility index (Phi) is 7.12. The highest BCUT2D eigenvalue weighted by molar-refractivity contribution is 5.75. The third-order valence-corrected chi connectivity index (χ3v) is 5.89. The molecule has 0 amide bonds. The second-order valence-electron chi connectivity index (χ2n) is 8.06. The number of nitrogens with zero attached hydrogens (tertiary/aromatic N) is 2. The molecule has 2 heterocycles. The van der Waals surface area contributed by atoms with Crippen molar-refractivity contribution in [2.24, 2.45) is 0 Å². The molecular formula is C25H27F3N4O2. The predicted molar refractivity (Wildman–Crippen MR) is 126 cm³/mol. The first kappa shape index (κ1) is 23.7. The summed E-state index contributed by atoms with van der Waals surface area (Å²) in [4.78, 5) is 6.50. The summed E-state index contributed by atoms with van der Waals surface area (Å²) in [5, 5.41) is 3.33. The predicted octanol–water partition coefficient (Wildman–Crippen LogP) is 4.97. The number of rotatable bonds is 7. The van der Waals surface area contributed by atoms with E-state index in [9.17, 15) is 13.2 Å². The number of nitrogens with one attached hydrogen (secondary N) is 1. The van der Waals surface area contributed by atoms with Gasteiger partial charge in [0.25, 0.3) is 6.43 Å². The number of methoxy groups -OCH3 is 1. The summed E-state index contributed by atoms with van der Waals surface area (Å²) in [6.45, 7) is 5.22. The average Bonchev–Trinajstić information content (AvgIpc) is 2.85. The van der Waals surface area contributed by atoms with E-state index in [1.807, 2.05) is 18.2 Å². The van der Waals surface area contributed by atoms with E-state index in [1.165, 1.54) is 0 Å². The van der Waals surface area contributed by atoms with Gasteiger partial charge in [-0.3, -0.25) is 0 Å². The fourth-order valence-corrected chi connectivity index (χ4v) is 4.09. The molecule has 180 valence electrons. The van der Waals surface area contributed by atoms with Gasteiger partial charge in [0.15, 0.2) is 11.6 Å². The summed E-state index contributed by atoms with van der Waals surface area (Å²) >= 11 is 0. The minimum absolute atomic E-state index is 0.0535. The number of pyridine rings is 1. The van der Waals surface area contributed by atoms with Crippen molar-refractivity contribution in [3.63, 3.8) is 0 Å². The standard InChI is InChI=1S/C25H27F3N4O2/c1-15(21-12-17(26)3-5-20(21)24(27)28)34-23-11-16(14-31-25(23)29)19-6-4-18(13-22(19)33-2)32-9-7-30-8-10-32/h3-6,11-15,24,30H,7-10H2,1-2H3,(H2,29,31). The molecule has 0 aliphatic carbocycles. The van der Waals surface area contributed by atoms with Crippen molar-refractivity contribution in [2.75, 3.05) is 43.9 Å². The van der Waals surface area contributed by atoms with E-state index < -0.39 is 18.3 Å². The van der Waals surface area contributed by atoms with Crippen LogP contribution in [0.4, 0.5) is 24.7 Å². The van der Waals surface area contributed by atoms with Crippen molar-refractivity contribution in [3.8, 4) is 22.6 Å². The minimum Gasteiger partial charge on any atom is -0.496 e. The molecule has 2 aromatic carbocycles. The fourth-order valence-electron chi connectivity index (χ4n) is 4.09. The number of hydrogen-bond acceptors (Lipinski definition) is 6. The van der Waals surface area contributed by atoms with Gasteiger partial charge < -0.3 is 25.4 Å². The van der Waals surface area contributed by atoms with Gasteiger partial charge in [0.2, 0.25) is 0 Å². The fraction of sp³-hybridized carbons (Fsp3) is 0.320. The first-order valence-corrected chi connectivity index (χ1v) is 11.0. The lowest BCUT2D eigenvalue weighted by Crippen LogP contribution is -2.43. The topological polar surface area (TPSA) is 72.6 Å².